The van der Waals surface area contributed by atoms with Crippen LogP contribution in [0, 0.1) is 18.3 Å². The van der Waals surface area contributed by atoms with Crippen molar-refractivity contribution in [3.8, 4) is 11.8 Å². The van der Waals surface area contributed by atoms with Gasteiger partial charge in [0.1, 0.15) is 17.9 Å². The van der Waals surface area contributed by atoms with Crippen LogP contribution >= 0.6 is 0 Å². The molecule has 0 aliphatic carbocycles. The minimum atomic E-state index is 0.205. The summed E-state index contributed by atoms with van der Waals surface area (Å²) in [6, 6.07) is 5.85. The normalized spacial score (nSPS) is 18.8. The van der Waals surface area contributed by atoms with Crippen LogP contribution in [0.1, 0.15) is 22.8 Å². The van der Waals surface area contributed by atoms with Crippen LogP contribution in [0.3, 0.4) is 0 Å². The lowest BCUT2D eigenvalue weighted by Gasteiger charge is -2.07. The molecule has 0 radical (unpaired) electrons. The number of aryl methyl sites for hydroxylation is 1. The minimum Gasteiger partial charge on any atom is -0.495 e. The maximum absolute atomic E-state index is 8.86. The lowest BCUT2D eigenvalue weighted by Crippen LogP contribution is -1.94. The maximum atomic E-state index is 8.86. The van der Waals surface area contributed by atoms with E-state index in [0.29, 0.717) is 11.3 Å². The van der Waals surface area contributed by atoms with Crippen molar-refractivity contribution >= 4 is 0 Å². The van der Waals surface area contributed by atoms with E-state index in [-0.39, 0.29) is 6.10 Å². The van der Waals surface area contributed by atoms with Crippen LogP contribution in [0.4, 0.5) is 0 Å². The zero-order valence-electron chi connectivity index (χ0n) is 8.20. The maximum Gasteiger partial charge on any atom is 0.137 e. The molecule has 0 saturated carbocycles. The average Bonchev–Trinajstić information content (AvgIpc) is 3.01. The zero-order chi connectivity index (χ0) is 10.1. The molecule has 1 aliphatic heterocycles. The summed E-state index contributed by atoms with van der Waals surface area (Å²) in [5.74, 6) is 0.628. The van der Waals surface area contributed by atoms with E-state index in [1.807, 2.05) is 19.1 Å². The number of nitrogens with zero attached hydrogens (tertiary/aromatic N) is 1. The van der Waals surface area contributed by atoms with Gasteiger partial charge in [0.2, 0.25) is 0 Å². The fourth-order valence-corrected chi connectivity index (χ4v) is 1.53. The highest BCUT2D eigenvalue weighted by Crippen LogP contribution is 2.35. The molecule has 2 rings (SSSR count). The molecule has 1 aromatic rings. The Balaban J connectivity index is 2.49. The molecular weight excluding hydrogens is 178 g/mol. The SMILES string of the molecule is COc1cc([C@@H]2CO2)c(C)cc1C#N. The third kappa shape index (κ3) is 1.45. The van der Waals surface area contributed by atoms with Gasteiger partial charge in [-0.2, -0.15) is 5.26 Å². The first-order chi connectivity index (χ1) is 6.76. The summed E-state index contributed by atoms with van der Waals surface area (Å²) in [4.78, 5) is 0. The van der Waals surface area contributed by atoms with Crippen LogP contribution in [0.5, 0.6) is 5.75 Å². The summed E-state index contributed by atoms with van der Waals surface area (Å²) < 4.78 is 10.3. The monoisotopic (exact) mass is 189 g/mol. The summed E-state index contributed by atoms with van der Waals surface area (Å²) in [7, 11) is 1.57. The highest BCUT2D eigenvalue weighted by molar-refractivity contribution is 5.49. The molecule has 0 N–H and O–H groups in total. The molecule has 14 heavy (non-hydrogen) atoms. The van der Waals surface area contributed by atoms with Crippen molar-refractivity contribution in [2.45, 2.75) is 13.0 Å². The fourth-order valence-electron chi connectivity index (χ4n) is 1.53. The van der Waals surface area contributed by atoms with Crippen molar-refractivity contribution in [1.29, 1.82) is 5.26 Å². The Bertz CT molecular complexity index is 402. The molecule has 72 valence electrons. The predicted octanol–water partition coefficient (Wildman–Crippen LogP) is 1.95. The first kappa shape index (κ1) is 9.04. The third-order valence-electron chi connectivity index (χ3n) is 2.39. The Morgan fingerprint density at radius 1 is 1.57 bits per heavy atom. The number of benzene rings is 1. The average molecular weight is 189 g/mol. The molecule has 1 heterocycles. The second-order valence-electron chi connectivity index (χ2n) is 3.34. The van der Waals surface area contributed by atoms with Gasteiger partial charge in [-0.05, 0) is 30.2 Å². The third-order valence-corrected chi connectivity index (χ3v) is 2.39. The molecule has 1 saturated heterocycles. The minimum absolute atomic E-state index is 0.205. The van der Waals surface area contributed by atoms with E-state index in [1.54, 1.807) is 7.11 Å². The number of methoxy groups -OCH3 is 1. The van der Waals surface area contributed by atoms with Gasteiger partial charge in [0, 0.05) is 0 Å². The van der Waals surface area contributed by atoms with Gasteiger partial charge in [-0.15, -0.1) is 0 Å². The Morgan fingerprint density at radius 3 is 2.79 bits per heavy atom. The van der Waals surface area contributed by atoms with Gasteiger partial charge in [-0.3, -0.25) is 0 Å². The van der Waals surface area contributed by atoms with Crippen molar-refractivity contribution in [1.82, 2.24) is 0 Å². The standard InChI is InChI=1S/C11H11NO2/c1-7-3-8(5-12)10(13-2)4-9(7)11-6-14-11/h3-4,11H,6H2,1-2H3/t11-/m0/s1. The van der Waals surface area contributed by atoms with Crippen LogP contribution in [-0.4, -0.2) is 13.7 Å². The predicted molar refractivity (Wildman–Crippen MR) is 51.1 cm³/mol. The zero-order valence-corrected chi connectivity index (χ0v) is 8.20. The van der Waals surface area contributed by atoms with E-state index in [2.05, 4.69) is 6.07 Å². The Hall–Kier alpha value is -1.53. The van der Waals surface area contributed by atoms with E-state index in [9.17, 15) is 0 Å². The number of hydrogen-bond donors (Lipinski definition) is 0. The Kier molecular flexibility index (Phi) is 2.14. The summed E-state index contributed by atoms with van der Waals surface area (Å²) in [6.45, 7) is 2.76. The summed E-state index contributed by atoms with van der Waals surface area (Å²) in [5.41, 5.74) is 2.79. The van der Waals surface area contributed by atoms with Gasteiger partial charge in [-0.1, -0.05) is 0 Å². The molecule has 0 unspecified atom stereocenters. The first-order valence-corrected chi connectivity index (χ1v) is 4.46. The molecule has 1 aliphatic rings. The van der Waals surface area contributed by atoms with Crippen LogP contribution in [0.25, 0.3) is 0 Å². The van der Waals surface area contributed by atoms with E-state index in [1.165, 1.54) is 0 Å². The molecule has 3 nitrogen and oxygen atoms in total. The highest BCUT2D eigenvalue weighted by Gasteiger charge is 2.27. The van der Waals surface area contributed by atoms with Crippen LogP contribution < -0.4 is 4.74 Å². The summed E-state index contributed by atoms with van der Waals surface area (Å²) in [6.07, 6.45) is 0.205. The van der Waals surface area contributed by atoms with Crippen molar-refractivity contribution in [2.75, 3.05) is 13.7 Å². The second-order valence-corrected chi connectivity index (χ2v) is 3.34. The number of hydrogen-bond acceptors (Lipinski definition) is 3. The van der Waals surface area contributed by atoms with E-state index < -0.39 is 0 Å². The molecule has 0 spiro atoms. The van der Waals surface area contributed by atoms with Crippen LogP contribution in [0.15, 0.2) is 12.1 Å². The van der Waals surface area contributed by atoms with Crippen LogP contribution in [-0.2, 0) is 4.74 Å². The topological polar surface area (TPSA) is 45.5 Å². The quantitative estimate of drug-likeness (QED) is 0.668. The molecule has 1 aromatic carbocycles. The molecular formula is C11H11NO2. The number of nitriles is 1. The van der Waals surface area contributed by atoms with Crippen molar-refractivity contribution in [2.24, 2.45) is 0 Å². The molecule has 1 fully saturated rings. The fraction of sp³-hybridized carbons (Fsp3) is 0.364. The molecule has 1 atom stereocenters. The van der Waals surface area contributed by atoms with E-state index >= 15 is 0 Å². The largest absolute Gasteiger partial charge is 0.495 e. The van der Waals surface area contributed by atoms with Gasteiger partial charge >= 0.3 is 0 Å². The summed E-state index contributed by atoms with van der Waals surface area (Å²) >= 11 is 0. The Labute approximate surface area is 82.9 Å². The summed E-state index contributed by atoms with van der Waals surface area (Å²) in [5, 5.41) is 8.86. The number of rotatable bonds is 2. The molecule has 3 heteroatoms. The van der Waals surface area contributed by atoms with E-state index in [4.69, 9.17) is 14.7 Å². The Morgan fingerprint density at radius 2 is 2.29 bits per heavy atom. The lowest BCUT2D eigenvalue weighted by molar-refractivity contribution is 0.403. The molecule has 0 aromatic heterocycles. The van der Waals surface area contributed by atoms with Crippen molar-refractivity contribution in [3.05, 3.63) is 28.8 Å². The van der Waals surface area contributed by atoms with Crippen molar-refractivity contribution < 1.29 is 9.47 Å². The van der Waals surface area contributed by atoms with Gasteiger partial charge < -0.3 is 9.47 Å². The van der Waals surface area contributed by atoms with Crippen LogP contribution in [0.2, 0.25) is 0 Å². The van der Waals surface area contributed by atoms with E-state index in [0.717, 1.165) is 17.7 Å². The molecule has 0 amide bonds. The first-order valence-electron chi connectivity index (χ1n) is 4.46. The van der Waals surface area contributed by atoms with Gasteiger partial charge in [0.25, 0.3) is 0 Å². The number of ether oxygens (including phenoxy) is 2. The highest BCUT2D eigenvalue weighted by atomic mass is 16.6. The van der Waals surface area contributed by atoms with Crippen molar-refractivity contribution in [3.63, 3.8) is 0 Å². The smallest absolute Gasteiger partial charge is 0.137 e. The second kappa shape index (κ2) is 3.32. The van der Waals surface area contributed by atoms with Gasteiger partial charge in [0.05, 0.1) is 19.3 Å². The molecule has 0 bridgehead atoms. The van der Waals surface area contributed by atoms with Gasteiger partial charge in [0.15, 0.2) is 0 Å². The number of epoxide rings is 1. The van der Waals surface area contributed by atoms with Gasteiger partial charge in [-0.25, -0.2) is 0 Å². The lowest BCUT2D eigenvalue weighted by atomic mass is 10.0.